The smallest absolute Gasteiger partial charge is 0.189 e. The molecule has 1 aromatic heterocycles. The van der Waals surface area contributed by atoms with Crippen LogP contribution in [0.1, 0.15) is 39.2 Å². The first-order chi connectivity index (χ1) is 14.8. The Bertz CT molecular complexity index is 1040. The maximum atomic E-state index is 15.7. The van der Waals surface area contributed by atoms with Crippen LogP contribution in [0.4, 0.5) is 15.9 Å². The third-order valence-electron chi connectivity index (χ3n) is 5.63. The highest BCUT2D eigenvalue weighted by Crippen LogP contribution is 2.35. The summed E-state index contributed by atoms with van der Waals surface area (Å²) in [4.78, 5) is 6.75. The first-order valence-corrected chi connectivity index (χ1v) is 11.3. The molecule has 4 rings (SSSR count). The molecule has 2 N–H and O–H groups in total. The van der Waals surface area contributed by atoms with Gasteiger partial charge in [0.25, 0.3) is 0 Å². The summed E-state index contributed by atoms with van der Waals surface area (Å²) in [6.07, 6.45) is 1.97. The summed E-state index contributed by atoms with van der Waals surface area (Å²) >= 11 is 5.97. The second-order valence-electron chi connectivity index (χ2n) is 9.28. The molecule has 2 aromatic carbocycles. The lowest BCUT2D eigenvalue weighted by Gasteiger charge is -2.38. The van der Waals surface area contributed by atoms with Crippen molar-refractivity contribution in [2.45, 2.75) is 51.7 Å². The number of nitrogens with one attached hydrogen (secondary N) is 2. The van der Waals surface area contributed by atoms with Crippen LogP contribution in [0.3, 0.4) is 0 Å². The van der Waals surface area contributed by atoms with Crippen LogP contribution in [-0.2, 0) is 6.54 Å². The number of fused-ring (bicyclic) bond motifs is 1. The Kier molecular flexibility index (Phi) is 6.35. The lowest BCUT2D eigenvalue weighted by Crippen LogP contribution is -2.49. The van der Waals surface area contributed by atoms with Crippen molar-refractivity contribution in [2.24, 2.45) is 0 Å². The monoisotopic (exact) mass is 440 g/mol. The minimum atomic E-state index is -0.283. The predicted octanol–water partition coefficient (Wildman–Crippen LogP) is 6.00. The normalized spacial score (nSPS) is 15.5. The molecule has 0 amide bonds. The van der Waals surface area contributed by atoms with Gasteiger partial charge in [-0.3, -0.25) is 0 Å². The van der Waals surface area contributed by atoms with E-state index in [4.69, 9.17) is 11.6 Å². The van der Waals surface area contributed by atoms with Gasteiger partial charge in [0.1, 0.15) is 0 Å². The summed E-state index contributed by atoms with van der Waals surface area (Å²) in [5.41, 5.74) is 2.56. The molecular formula is C25H30ClFN4. The molecule has 4 nitrogen and oxygen atoms in total. The maximum absolute atomic E-state index is 15.7. The molecule has 164 valence electrons. The second kappa shape index (κ2) is 9.01. The minimum absolute atomic E-state index is 0.0835. The van der Waals surface area contributed by atoms with Gasteiger partial charge in [0.15, 0.2) is 11.6 Å². The summed E-state index contributed by atoms with van der Waals surface area (Å²) in [5.74, 6) is 0.00786. The highest BCUT2D eigenvalue weighted by molar-refractivity contribution is 6.30. The van der Waals surface area contributed by atoms with Crippen LogP contribution in [0.5, 0.6) is 0 Å². The van der Waals surface area contributed by atoms with E-state index in [1.807, 2.05) is 48.5 Å². The quantitative estimate of drug-likeness (QED) is 0.510. The molecule has 1 aliphatic rings. The van der Waals surface area contributed by atoms with E-state index in [1.165, 1.54) is 0 Å². The van der Waals surface area contributed by atoms with Crippen molar-refractivity contribution < 1.29 is 4.39 Å². The van der Waals surface area contributed by atoms with Gasteiger partial charge >= 0.3 is 0 Å². The summed E-state index contributed by atoms with van der Waals surface area (Å²) in [5, 5.41) is 8.42. The van der Waals surface area contributed by atoms with Crippen LogP contribution in [0.2, 0.25) is 5.02 Å². The zero-order valence-corrected chi connectivity index (χ0v) is 19.1. The number of para-hydroxylation sites is 1. The van der Waals surface area contributed by atoms with Gasteiger partial charge in [-0.25, -0.2) is 9.37 Å². The Morgan fingerprint density at radius 2 is 1.74 bits per heavy atom. The van der Waals surface area contributed by atoms with Gasteiger partial charge in [-0.05, 0) is 57.4 Å². The van der Waals surface area contributed by atoms with E-state index in [-0.39, 0.29) is 11.4 Å². The first-order valence-electron chi connectivity index (χ1n) is 10.9. The van der Waals surface area contributed by atoms with Crippen LogP contribution in [0.25, 0.3) is 10.9 Å². The van der Waals surface area contributed by atoms with Crippen LogP contribution < -0.4 is 15.5 Å². The number of piperidine rings is 1. The molecular weight excluding hydrogens is 411 g/mol. The summed E-state index contributed by atoms with van der Waals surface area (Å²) in [7, 11) is 0. The van der Waals surface area contributed by atoms with E-state index in [9.17, 15) is 0 Å². The second-order valence-corrected chi connectivity index (χ2v) is 9.71. The third kappa shape index (κ3) is 5.28. The van der Waals surface area contributed by atoms with Gasteiger partial charge in [-0.1, -0.05) is 41.9 Å². The number of hydrogen-bond donors (Lipinski definition) is 2. The SMILES string of the molecule is CC(C)(C)NC1CCN(c2c(F)c(NCc3ccc(Cl)cc3)nc3ccccc23)CC1. The topological polar surface area (TPSA) is 40.2 Å². The lowest BCUT2D eigenvalue weighted by atomic mass is 9.99. The van der Waals surface area contributed by atoms with Crippen molar-refractivity contribution in [3.63, 3.8) is 0 Å². The summed E-state index contributed by atoms with van der Waals surface area (Å²) < 4.78 is 15.7. The average molecular weight is 441 g/mol. The molecule has 0 atom stereocenters. The number of hydrogen-bond acceptors (Lipinski definition) is 4. The molecule has 0 saturated carbocycles. The van der Waals surface area contributed by atoms with Crippen molar-refractivity contribution in [3.8, 4) is 0 Å². The molecule has 0 bridgehead atoms. The number of nitrogens with zero attached hydrogens (tertiary/aromatic N) is 2. The van der Waals surface area contributed by atoms with E-state index < -0.39 is 0 Å². The molecule has 0 unspecified atom stereocenters. The van der Waals surface area contributed by atoms with E-state index in [1.54, 1.807) is 0 Å². The number of benzene rings is 2. The van der Waals surface area contributed by atoms with Crippen molar-refractivity contribution in [1.29, 1.82) is 0 Å². The van der Waals surface area contributed by atoms with E-state index in [0.29, 0.717) is 29.1 Å². The van der Waals surface area contributed by atoms with Crippen LogP contribution >= 0.6 is 11.6 Å². The molecule has 2 heterocycles. The highest BCUT2D eigenvalue weighted by atomic mass is 35.5. The van der Waals surface area contributed by atoms with Gasteiger partial charge in [0.2, 0.25) is 0 Å². The average Bonchev–Trinajstić information content (AvgIpc) is 2.73. The maximum Gasteiger partial charge on any atom is 0.189 e. The highest BCUT2D eigenvalue weighted by Gasteiger charge is 2.27. The minimum Gasteiger partial charge on any atom is -0.368 e. The van der Waals surface area contributed by atoms with Gasteiger partial charge in [0.05, 0.1) is 11.2 Å². The van der Waals surface area contributed by atoms with Gasteiger partial charge in [-0.2, -0.15) is 0 Å². The Morgan fingerprint density at radius 1 is 1.06 bits per heavy atom. The van der Waals surface area contributed by atoms with E-state index in [0.717, 1.165) is 42.4 Å². The fourth-order valence-corrected chi connectivity index (χ4v) is 4.37. The summed E-state index contributed by atoms with van der Waals surface area (Å²) in [6.45, 7) is 8.68. The van der Waals surface area contributed by atoms with Crippen LogP contribution in [0.15, 0.2) is 48.5 Å². The lowest BCUT2D eigenvalue weighted by molar-refractivity contribution is 0.316. The zero-order chi connectivity index (χ0) is 22.0. The summed E-state index contributed by atoms with van der Waals surface area (Å²) in [6, 6.07) is 15.8. The van der Waals surface area contributed by atoms with Crippen molar-refractivity contribution in [1.82, 2.24) is 10.3 Å². The van der Waals surface area contributed by atoms with Gasteiger partial charge < -0.3 is 15.5 Å². The van der Waals surface area contributed by atoms with Crippen molar-refractivity contribution >= 4 is 34.0 Å². The Morgan fingerprint density at radius 3 is 2.42 bits per heavy atom. The number of aromatic nitrogens is 1. The van der Waals surface area contributed by atoms with Crippen molar-refractivity contribution in [2.75, 3.05) is 23.3 Å². The molecule has 0 aliphatic carbocycles. The largest absolute Gasteiger partial charge is 0.368 e. The molecule has 31 heavy (non-hydrogen) atoms. The van der Waals surface area contributed by atoms with Crippen molar-refractivity contribution in [3.05, 3.63) is 64.9 Å². The zero-order valence-electron chi connectivity index (χ0n) is 18.4. The number of pyridine rings is 1. The molecule has 0 radical (unpaired) electrons. The molecule has 3 aromatic rings. The Labute approximate surface area is 188 Å². The van der Waals surface area contributed by atoms with Gasteiger partial charge in [-0.15, -0.1) is 0 Å². The molecule has 1 aliphatic heterocycles. The Balaban J connectivity index is 1.59. The van der Waals surface area contributed by atoms with E-state index >= 15 is 4.39 Å². The molecule has 6 heteroatoms. The molecule has 1 saturated heterocycles. The predicted molar refractivity (Wildman–Crippen MR) is 129 cm³/mol. The van der Waals surface area contributed by atoms with Gasteiger partial charge in [0, 0.05) is 41.6 Å². The fourth-order valence-electron chi connectivity index (χ4n) is 4.25. The van der Waals surface area contributed by atoms with E-state index in [2.05, 4.69) is 41.3 Å². The number of anilines is 2. The third-order valence-corrected chi connectivity index (χ3v) is 5.88. The molecule has 0 spiro atoms. The first kappa shape index (κ1) is 21.8. The van der Waals surface area contributed by atoms with Crippen LogP contribution in [0, 0.1) is 5.82 Å². The van der Waals surface area contributed by atoms with Crippen LogP contribution in [-0.4, -0.2) is 29.7 Å². The fraction of sp³-hybridized carbons (Fsp3) is 0.400. The number of halogens is 2. The molecule has 1 fully saturated rings. The number of rotatable bonds is 5. The Hall–Kier alpha value is -2.37. The standard InChI is InChI=1S/C25H30ClFN4/c1-25(2,3)30-19-12-14-31(15-13-19)23-20-6-4-5-7-21(20)29-24(22(23)27)28-16-17-8-10-18(26)11-9-17/h4-11,19,30H,12-16H2,1-3H3,(H,28,29).